The summed E-state index contributed by atoms with van der Waals surface area (Å²) >= 11 is 0. The smallest absolute Gasteiger partial charge is 0.211 e. The summed E-state index contributed by atoms with van der Waals surface area (Å²) in [6.45, 7) is 9.73. The monoisotopic (exact) mass is 305 g/mol. The number of hydrogen-bond acceptors (Lipinski definition) is 4. The molecule has 0 aromatic carbocycles. The molecule has 6 heteroatoms. The lowest BCUT2D eigenvalue weighted by molar-refractivity contribution is 0.143. The Morgan fingerprint density at radius 1 is 1.25 bits per heavy atom. The first kappa shape index (κ1) is 17.9. The van der Waals surface area contributed by atoms with Crippen LogP contribution in [0.4, 0.5) is 0 Å². The molecule has 0 amide bonds. The van der Waals surface area contributed by atoms with Gasteiger partial charge in [-0.15, -0.1) is 0 Å². The van der Waals surface area contributed by atoms with E-state index in [0.29, 0.717) is 19.0 Å². The van der Waals surface area contributed by atoms with Gasteiger partial charge >= 0.3 is 0 Å². The first-order chi connectivity index (χ1) is 9.22. The van der Waals surface area contributed by atoms with Gasteiger partial charge in [-0.3, -0.25) is 0 Å². The van der Waals surface area contributed by atoms with E-state index in [1.165, 1.54) is 0 Å². The third-order valence-electron chi connectivity index (χ3n) is 4.06. The summed E-state index contributed by atoms with van der Waals surface area (Å²) in [5.41, 5.74) is 0.107. The molecule has 0 atom stereocenters. The molecule has 2 N–H and O–H groups in total. The highest BCUT2D eigenvalue weighted by Crippen LogP contribution is 2.29. The van der Waals surface area contributed by atoms with E-state index in [2.05, 4.69) is 42.8 Å². The second kappa shape index (κ2) is 7.73. The zero-order valence-electron chi connectivity index (χ0n) is 13.4. The van der Waals surface area contributed by atoms with E-state index in [-0.39, 0.29) is 11.2 Å². The van der Waals surface area contributed by atoms with E-state index in [4.69, 9.17) is 0 Å². The molecule has 120 valence electrons. The van der Waals surface area contributed by atoms with Crippen molar-refractivity contribution in [1.82, 2.24) is 14.9 Å². The molecule has 0 spiro atoms. The molecule has 1 fully saturated rings. The second-order valence-electron chi connectivity index (χ2n) is 6.72. The zero-order chi connectivity index (χ0) is 15.2. The number of nitrogens with zero attached hydrogens (tertiary/aromatic N) is 1. The van der Waals surface area contributed by atoms with Crippen LogP contribution >= 0.6 is 0 Å². The summed E-state index contributed by atoms with van der Waals surface area (Å²) in [6, 6.07) is 0.406. The fourth-order valence-corrected chi connectivity index (χ4v) is 3.58. The van der Waals surface area contributed by atoms with Gasteiger partial charge in [-0.05, 0) is 51.4 Å². The number of nitrogens with one attached hydrogen (secondary N) is 2. The van der Waals surface area contributed by atoms with Crippen molar-refractivity contribution in [3.8, 4) is 0 Å². The fraction of sp³-hybridized carbons (Fsp3) is 1.00. The van der Waals surface area contributed by atoms with Crippen molar-refractivity contribution in [2.75, 3.05) is 39.0 Å². The van der Waals surface area contributed by atoms with Crippen molar-refractivity contribution in [1.29, 1.82) is 0 Å². The van der Waals surface area contributed by atoms with E-state index < -0.39 is 10.0 Å². The van der Waals surface area contributed by atoms with Crippen molar-refractivity contribution in [3.05, 3.63) is 0 Å². The van der Waals surface area contributed by atoms with Crippen LogP contribution in [-0.2, 0) is 10.0 Å². The summed E-state index contributed by atoms with van der Waals surface area (Å²) in [7, 11) is -1.02. The van der Waals surface area contributed by atoms with Crippen molar-refractivity contribution >= 4 is 10.0 Å². The average Bonchev–Trinajstić information content (AvgIpc) is 2.37. The second-order valence-corrected chi connectivity index (χ2v) is 8.64. The Bertz CT molecular complexity index is 374. The molecule has 0 bridgehead atoms. The maximum Gasteiger partial charge on any atom is 0.211 e. The molecule has 0 unspecified atom stereocenters. The maximum absolute atomic E-state index is 12.0. The van der Waals surface area contributed by atoms with E-state index >= 15 is 0 Å². The Balaban J connectivity index is 2.28. The number of hydrogen-bond donors (Lipinski definition) is 2. The van der Waals surface area contributed by atoms with Crippen LogP contribution < -0.4 is 10.0 Å². The SMILES string of the molecule is CC(C)NCCCS(=O)(=O)NCC1(C)CCN(C)CC1. The van der Waals surface area contributed by atoms with Crippen molar-refractivity contribution < 1.29 is 8.42 Å². The van der Waals surface area contributed by atoms with Gasteiger partial charge in [0.1, 0.15) is 0 Å². The Labute approximate surface area is 124 Å². The van der Waals surface area contributed by atoms with Gasteiger partial charge in [-0.1, -0.05) is 20.8 Å². The van der Waals surface area contributed by atoms with Gasteiger partial charge in [0.15, 0.2) is 0 Å². The van der Waals surface area contributed by atoms with Gasteiger partial charge in [0.25, 0.3) is 0 Å². The lowest BCUT2D eigenvalue weighted by Crippen LogP contribution is -2.44. The van der Waals surface area contributed by atoms with Gasteiger partial charge in [0.05, 0.1) is 5.75 Å². The van der Waals surface area contributed by atoms with E-state index in [0.717, 1.165) is 32.5 Å². The zero-order valence-corrected chi connectivity index (χ0v) is 14.2. The van der Waals surface area contributed by atoms with Crippen LogP contribution in [0.2, 0.25) is 0 Å². The quantitative estimate of drug-likeness (QED) is 0.658. The summed E-state index contributed by atoms with van der Waals surface area (Å²) in [5, 5.41) is 3.24. The topological polar surface area (TPSA) is 61.4 Å². The standard InChI is InChI=1S/C14H31N3O2S/c1-13(2)15-8-5-11-20(18,19)16-12-14(3)6-9-17(4)10-7-14/h13,15-16H,5-12H2,1-4H3. The molecular weight excluding hydrogens is 274 g/mol. The first-order valence-electron chi connectivity index (χ1n) is 7.62. The lowest BCUT2D eigenvalue weighted by Gasteiger charge is -2.37. The van der Waals surface area contributed by atoms with Crippen LogP contribution in [0, 0.1) is 5.41 Å². The molecule has 0 aliphatic carbocycles. The van der Waals surface area contributed by atoms with E-state index in [9.17, 15) is 8.42 Å². The van der Waals surface area contributed by atoms with Gasteiger partial charge < -0.3 is 10.2 Å². The largest absolute Gasteiger partial charge is 0.314 e. The fourth-order valence-electron chi connectivity index (χ4n) is 2.34. The maximum atomic E-state index is 12.0. The molecule has 0 saturated carbocycles. The van der Waals surface area contributed by atoms with Crippen molar-refractivity contribution in [2.45, 2.75) is 46.1 Å². The van der Waals surface area contributed by atoms with Crippen LogP contribution in [0.15, 0.2) is 0 Å². The summed E-state index contributed by atoms with van der Waals surface area (Å²) < 4.78 is 26.7. The highest BCUT2D eigenvalue weighted by molar-refractivity contribution is 7.89. The molecule has 0 aromatic heterocycles. The van der Waals surface area contributed by atoms with Crippen molar-refractivity contribution in [2.24, 2.45) is 5.41 Å². The minimum atomic E-state index is -3.13. The highest BCUT2D eigenvalue weighted by atomic mass is 32.2. The molecule has 20 heavy (non-hydrogen) atoms. The molecular formula is C14H31N3O2S. The number of likely N-dealkylation sites (tertiary alicyclic amines) is 1. The Morgan fingerprint density at radius 2 is 1.85 bits per heavy atom. The average molecular weight is 305 g/mol. The Kier molecular flexibility index (Phi) is 6.91. The number of sulfonamides is 1. The van der Waals surface area contributed by atoms with Gasteiger partial charge in [-0.2, -0.15) is 0 Å². The van der Waals surface area contributed by atoms with E-state index in [1.54, 1.807) is 0 Å². The number of piperidine rings is 1. The van der Waals surface area contributed by atoms with Crippen LogP contribution in [0.25, 0.3) is 0 Å². The third-order valence-corrected chi connectivity index (χ3v) is 5.47. The van der Waals surface area contributed by atoms with Gasteiger partial charge in [0.2, 0.25) is 10.0 Å². The minimum absolute atomic E-state index is 0.107. The summed E-state index contributed by atoms with van der Waals surface area (Å²) in [6.07, 6.45) is 2.77. The Morgan fingerprint density at radius 3 is 2.40 bits per heavy atom. The minimum Gasteiger partial charge on any atom is -0.314 e. The molecule has 1 aliphatic rings. The molecule has 1 saturated heterocycles. The van der Waals surface area contributed by atoms with Crippen LogP contribution in [0.3, 0.4) is 0 Å². The molecule has 1 rings (SSSR count). The summed E-state index contributed by atoms with van der Waals surface area (Å²) in [4.78, 5) is 2.30. The van der Waals surface area contributed by atoms with Crippen LogP contribution in [0.5, 0.6) is 0 Å². The molecule has 0 radical (unpaired) electrons. The van der Waals surface area contributed by atoms with Crippen molar-refractivity contribution in [3.63, 3.8) is 0 Å². The summed E-state index contributed by atoms with van der Waals surface area (Å²) in [5.74, 6) is 0.211. The van der Waals surface area contributed by atoms with Gasteiger partial charge in [-0.25, -0.2) is 13.1 Å². The molecule has 1 heterocycles. The predicted molar refractivity (Wildman–Crippen MR) is 84.4 cm³/mol. The highest BCUT2D eigenvalue weighted by Gasteiger charge is 2.29. The van der Waals surface area contributed by atoms with E-state index in [1.807, 2.05) is 0 Å². The first-order valence-corrected chi connectivity index (χ1v) is 9.27. The normalized spacial score (nSPS) is 20.4. The van der Waals surface area contributed by atoms with Gasteiger partial charge in [0, 0.05) is 12.6 Å². The Hall–Kier alpha value is -0.170. The molecule has 0 aromatic rings. The molecule has 5 nitrogen and oxygen atoms in total. The molecule has 1 aliphatic heterocycles. The lowest BCUT2D eigenvalue weighted by atomic mass is 9.81. The van der Waals surface area contributed by atoms with Crippen LogP contribution in [0.1, 0.15) is 40.0 Å². The number of rotatable bonds is 8. The van der Waals surface area contributed by atoms with Crippen LogP contribution in [-0.4, -0.2) is 58.3 Å². The third kappa shape index (κ3) is 7.02. The predicted octanol–water partition coefficient (Wildman–Crippen LogP) is 1.03.